The molecule has 0 fully saturated rings. The summed E-state index contributed by atoms with van der Waals surface area (Å²) in [6.07, 6.45) is 0.441. The smallest absolute Gasteiger partial charge is 0.0727 e. The van der Waals surface area contributed by atoms with Crippen molar-refractivity contribution >= 4 is 22.3 Å². The van der Waals surface area contributed by atoms with Gasteiger partial charge in [-0.25, -0.2) is 0 Å². The van der Waals surface area contributed by atoms with Gasteiger partial charge in [-0.05, 0) is 43.5 Å². The van der Waals surface area contributed by atoms with Crippen LogP contribution in [0.15, 0.2) is 24.3 Å². The van der Waals surface area contributed by atoms with Crippen LogP contribution in [0, 0.1) is 12.8 Å². The van der Waals surface area contributed by atoms with Gasteiger partial charge >= 0.3 is 0 Å². The van der Waals surface area contributed by atoms with Crippen molar-refractivity contribution < 1.29 is 5.11 Å². The Kier molecular flexibility index (Phi) is 4.45. The summed E-state index contributed by atoms with van der Waals surface area (Å²) in [6.45, 7) is 6.71. The molecule has 0 spiro atoms. The van der Waals surface area contributed by atoms with Gasteiger partial charge in [0.2, 0.25) is 0 Å². The zero-order chi connectivity index (χ0) is 14.7. The van der Waals surface area contributed by atoms with Gasteiger partial charge in [-0.2, -0.15) is 0 Å². The van der Waals surface area contributed by atoms with Gasteiger partial charge in [0.05, 0.1) is 11.6 Å². The number of fused-ring (bicyclic) bond motifs is 1. The lowest BCUT2D eigenvalue weighted by Crippen LogP contribution is -2.21. The van der Waals surface area contributed by atoms with Crippen LogP contribution in [-0.2, 0) is 0 Å². The number of hydrogen-bond donors (Lipinski definition) is 3. The van der Waals surface area contributed by atoms with Crippen molar-refractivity contribution in [2.24, 2.45) is 5.92 Å². The maximum atomic E-state index is 9.97. The summed E-state index contributed by atoms with van der Waals surface area (Å²) in [7, 11) is 0. The lowest BCUT2D eigenvalue weighted by atomic mass is 10.1. The molecule has 1 heterocycles. The molecule has 4 nitrogen and oxygen atoms in total. The number of aromatic nitrogens is 1. The van der Waals surface area contributed by atoms with E-state index in [-0.39, 0.29) is 6.10 Å². The lowest BCUT2D eigenvalue weighted by Gasteiger charge is -2.16. The Morgan fingerprint density at radius 3 is 2.75 bits per heavy atom. The van der Waals surface area contributed by atoms with Crippen LogP contribution in [0.5, 0.6) is 0 Å². The summed E-state index contributed by atoms with van der Waals surface area (Å²) >= 11 is 0. The van der Waals surface area contributed by atoms with Gasteiger partial charge in [0.25, 0.3) is 0 Å². The molecule has 1 aromatic heterocycles. The number of benzene rings is 1. The molecule has 4 N–H and O–H groups in total. The second-order valence-electron chi connectivity index (χ2n) is 5.75. The predicted molar refractivity (Wildman–Crippen MR) is 84.8 cm³/mol. The van der Waals surface area contributed by atoms with E-state index in [1.54, 1.807) is 0 Å². The molecule has 1 atom stereocenters. The molecule has 2 rings (SSSR count). The first kappa shape index (κ1) is 14.6. The Morgan fingerprint density at radius 1 is 1.30 bits per heavy atom. The molecule has 0 saturated heterocycles. The second-order valence-corrected chi connectivity index (χ2v) is 5.75. The average Bonchev–Trinajstić information content (AvgIpc) is 2.35. The molecule has 0 aliphatic heterocycles. The average molecular weight is 273 g/mol. The first-order valence-corrected chi connectivity index (χ1v) is 7.04. The summed E-state index contributed by atoms with van der Waals surface area (Å²) in [5.74, 6) is 0.485. The molecule has 2 aromatic rings. The molecular weight excluding hydrogens is 250 g/mol. The van der Waals surface area contributed by atoms with Crippen molar-refractivity contribution in [1.82, 2.24) is 4.98 Å². The standard InChI is InChI=1S/C16H23N3O/c1-10(2)6-13(20)9-18-16-7-11(3)19-15-5-4-12(17)8-14(15)16/h4-5,7-8,10,13,20H,6,9,17H2,1-3H3,(H,18,19). The fraction of sp³-hybridized carbons (Fsp3) is 0.438. The Bertz CT molecular complexity index is 596. The van der Waals surface area contributed by atoms with Crippen LogP contribution in [0.3, 0.4) is 0 Å². The minimum Gasteiger partial charge on any atom is -0.399 e. The van der Waals surface area contributed by atoms with E-state index in [9.17, 15) is 5.11 Å². The highest BCUT2D eigenvalue weighted by molar-refractivity contribution is 5.93. The highest BCUT2D eigenvalue weighted by Gasteiger charge is 2.09. The molecule has 1 aromatic carbocycles. The second kappa shape index (κ2) is 6.09. The third kappa shape index (κ3) is 3.61. The summed E-state index contributed by atoms with van der Waals surface area (Å²) in [5.41, 5.74) is 9.40. The summed E-state index contributed by atoms with van der Waals surface area (Å²) < 4.78 is 0. The van der Waals surface area contributed by atoms with Crippen LogP contribution in [0.2, 0.25) is 0 Å². The van der Waals surface area contributed by atoms with Crippen LogP contribution in [0.1, 0.15) is 26.0 Å². The van der Waals surface area contributed by atoms with E-state index in [4.69, 9.17) is 5.73 Å². The molecule has 0 bridgehead atoms. The largest absolute Gasteiger partial charge is 0.399 e. The Labute approximate surface area is 120 Å². The minimum atomic E-state index is -0.348. The van der Waals surface area contributed by atoms with E-state index in [2.05, 4.69) is 24.1 Å². The predicted octanol–water partition coefficient (Wildman–Crippen LogP) is 2.94. The molecule has 4 heteroatoms. The number of aliphatic hydroxyl groups is 1. The van der Waals surface area contributed by atoms with Crippen LogP contribution in [0.25, 0.3) is 10.9 Å². The molecular formula is C16H23N3O. The van der Waals surface area contributed by atoms with Crippen LogP contribution in [0.4, 0.5) is 11.4 Å². The van der Waals surface area contributed by atoms with Gasteiger partial charge in [-0.15, -0.1) is 0 Å². The maximum Gasteiger partial charge on any atom is 0.0727 e. The number of pyridine rings is 1. The number of hydrogen-bond acceptors (Lipinski definition) is 4. The van der Waals surface area contributed by atoms with Gasteiger partial charge < -0.3 is 16.2 Å². The number of nitrogen functional groups attached to an aromatic ring is 1. The van der Waals surface area contributed by atoms with E-state index in [0.717, 1.165) is 28.7 Å². The number of anilines is 2. The Balaban J connectivity index is 2.22. The number of nitrogens with zero attached hydrogens (tertiary/aromatic N) is 1. The molecule has 0 radical (unpaired) electrons. The minimum absolute atomic E-state index is 0.348. The van der Waals surface area contributed by atoms with E-state index >= 15 is 0 Å². The van der Waals surface area contributed by atoms with Gasteiger partial charge in [-0.1, -0.05) is 13.8 Å². The Hall–Kier alpha value is -1.81. The van der Waals surface area contributed by atoms with Gasteiger partial charge in [-0.3, -0.25) is 4.98 Å². The number of nitrogens with one attached hydrogen (secondary N) is 1. The normalized spacial score (nSPS) is 12.8. The number of aliphatic hydroxyl groups excluding tert-OH is 1. The third-order valence-corrected chi connectivity index (χ3v) is 3.23. The van der Waals surface area contributed by atoms with Crippen molar-refractivity contribution in [3.05, 3.63) is 30.0 Å². The number of aryl methyl sites for hydroxylation is 1. The van der Waals surface area contributed by atoms with E-state index in [0.29, 0.717) is 18.2 Å². The third-order valence-electron chi connectivity index (χ3n) is 3.23. The highest BCUT2D eigenvalue weighted by atomic mass is 16.3. The topological polar surface area (TPSA) is 71.2 Å². The monoisotopic (exact) mass is 273 g/mol. The fourth-order valence-corrected chi connectivity index (χ4v) is 2.38. The van der Waals surface area contributed by atoms with Crippen molar-refractivity contribution in [3.63, 3.8) is 0 Å². The SMILES string of the molecule is Cc1cc(NCC(O)CC(C)C)c2cc(N)ccc2n1. The van der Waals surface area contributed by atoms with E-state index in [1.165, 1.54) is 0 Å². The first-order valence-electron chi connectivity index (χ1n) is 7.04. The van der Waals surface area contributed by atoms with E-state index in [1.807, 2.05) is 31.2 Å². The van der Waals surface area contributed by atoms with Gasteiger partial charge in [0.15, 0.2) is 0 Å². The van der Waals surface area contributed by atoms with Crippen molar-refractivity contribution in [1.29, 1.82) is 0 Å². The molecule has 1 unspecified atom stereocenters. The van der Waals surface area contributed by atoms with E-state index < -0.39 is 0 Å². The molecule has 0 aliphatic carbocycles. The fourth-order valence-electron chi connectivity index (χ4n) is 2.38. The lowest BCUT2D eigenvalue weighted by molar-refractivity contribution is 0.161. The maximum absolute atomic E-state index is 9.97. The highest BCUT2D eigenvalue weighted by Crippen LogP contribution is 2.25. The van der Waals surface area contributed by atoms with Crippen LogP contribution < -0.4 is 11.1 Å². The first-order chi connectivity index (χ1) is 9.45. The van der Waals surface area contributed by atoms with Crippen molar-refractivity contribution in [3.8, 4) is 0 Å². The Morgan fingerprint density at radius 2 is 2.05 bits per heavy atom. The summed E-state index contributed by atoms with van der Waals surface area (Å²) in [5, 5.41) is 14.3. The van der Waals surface area contributed by atoms with Crippen molar-refractivity contribution in [2.75, 3.05) is 17.6 Å². The zero-order valence-corrected chi connectivity index (χ0v) is 12.4. The summed E-state index contributed by atoms with van der Waals surface area (Å²) in [4.78, 5) is 4.49. The van der Waals surface area contributed by atoms with Crippen LogP contribution in [-0.4, -0.2) is 22.7 Å². The molecule has 20 heavy (non-hydrogen) atoms. The summed E-state index contributed by atoms with van der Waals surface area (Å²) in [6, 6.07) is 7.68. The molecule has 0 saturated carbocycles. The molecule has 0 amide bonds. The molecule has 108 valence electrons. The number of rotatable bonds is 5. The zero-order valence-electron chi connectivity index (χ0n) is 12.4. The quantitative estimate of drug-likeness (QED) is 0.732. The molecule has 0 aliphatic rings. The van der Waals surface area contributed by atoms with Gasteiger partial charge in [0, 0.05) is 29.0 Å². The van der Waals surface area contributed by atoms with Gasteiger partial charge in [0.1, 0.15) is 0 Å². The van der Waals surface area contributed by atoms with Crippen LogP contribution >= 0.6 is 0 Å². The number of nitrogens with two attached hydrogens (primary N) is 1. The van der Waals surface area contributed by atoms with Crippen molar-refractivity contribution in [2.45, 2.75) is 33.3 Å².